The summed E-state index contributed by atoms with van der Waals surface area (Å²) >= 11 is 0. The molecule has 0 radical (unpaired) electrons. The fourth-order valence-corrected chi connectivity index (χ4v) is 4.41. The van der Waals surface area contributed by atoms with Crippen molar-refractivity contribution in [1.82, 2.24) is 9.80 Å². The summed E-state index contributed by atoms with van der Waals surface area (Å²) in [5.74, 6) is 0. The van der Waals surface area contributed by atoms with E-state index in [0.717, 1.165) is 28.9 Å². The summed E-state index contributed by atoms with van der Waals surface area (Å²) in [7, 11) is 0. The Bertz CT molecular complexity index is 1000. The first-order chi connectivity index (χ1) is 15.7. The number of fused-ring (bicyclic) bond motifs is 1. The van der Waals surface area contributed by atoms with Crippen LogP contribution < -0.4 is 4.90 Å². The lowest BCUT2D eigenvalue weighted by Crippen LogP contribution is -2.55. The molecule has 0 N–H and O–H groups in total. The molecule has 0 spiro atoms. The number of hydrogen-bond donors (Lipinski definition) is 0. The van der Waals surface area contributed by atoms with Crippen LogP contribution in [0, 0.1) is 0 Å². The highest BCUT2D eigenvalue weighted by molar-refractivity contribution is 5.72. The van der Waals surface area contributed by atoms with Gasteiger partial charge in [0, 0.05) is 37.9 Å². The average Bonchev–Trinajstić information content (AvgIpc) is 3.21. The fourth-order valence-electron chi connectivity index (χ4n) is 4.41. The molecule has 1 fully saturated rings. The maximum absolute atomic E-state index is 12.7. The van der Waals surface area contributed by atoms with Gasteiger partial charge in [0.2, 0.25) is 0 Å². The highest BCUT2D eigenvalue weighted by Crippen LogP contribution is 2.33. The lowest BCUT2D eigenvalue weighted by molar-refractivity contribution is 0.0159. The number of rotatable bonds is 3. The Morgan fingerprint density at radius 2 is 1.73 bits per heavy atom. The third-order valence-corrected chi connectivity index (χ3v) is 6.02. The zero-order valence-electron chi connectivity index (χ0n) is 19.9. The summed E-state index contributed by atoms with van der Waals surface area (Å²) in [6.45, 7) is 11.1. The van der Waals surface area contributed by atoms with Crippen LogP contribution in [0.5, 0.6) is 0 Å². The predicted molar refractivity (Wildman–Crippen MR) is 127 cm³/mol. The molecule has 2 aromatic rings. The van der Waals surface area contributed by atoms with E-state index in [0.29, 0.717) is 26.2 Å². The van der Waals surface area contributed by atoms with Crippen molar-refractivity contribution >= 4 is 17.9 Å². The van der Waals surface area contributed by atoms with E-state index < -0.39 is 5.60 Å². The minimum atomic E-state index is -0.507. The van der Waals surface area contributed by atoms with Gasteiger partial charge in [0.05, 0.1) is 6.54 Å². The molecule has 0 aromatic heterocycles. The van der Waals surface area contributed by atoms with Crippen molar-refractivity contribution < 1.29 is 19.1 Å². The van der Waals surface area contributed by atoms with Gasteiger partial charge >= 0.3 is 12.2 Å². The Morgan fingerprint density at radius 1 is 0.970 bits per heavy atom. The highest BCUT2D eigenvalue weighted by Gasteiger charge is 2.33. The number of carbonyl (C=O) groups is 2. The van der Waals surface area contributed by atoms with E-state index in [1.165, 1.54) is 0 Å². The predicted octanol–water partition coefficient (Wildman–Crippen LogP) is 4.78. The molecule has 2 aliphatic rings. The quantitative estimate of drug-likeness (QED) is 0.672. The number of hydrogen-bond acceptors (Lipinski definition) is 5. The lowest BCUT2D eigenvalue weighted by atomic mass is 10.1. The van der Waals surface area contributed by atoms with E-state index in [2.05, 4.69) is 17.0 Å². The van der Waals surface area contributed by atoms with Crippen LogP contribution in [0.25, 0.3) is 0 Å². The lowest BCUT2D eigenvalue weighted by Gasteiger charge is -2.41. The molecule has 0 unspecified atom stereocenters. The van der Waals surface area contributed by atoms with Crippen molar-refractivity contribution in [2.24, 2.45) is 0 Å². The van der Waals surface area contributed by atoms with E-state index in [4.69, 9.17) is 9.47 Å². The summed E-state index contributed by atoms with van der Waals surface area (Å²) < 4.78 is 11.1. The minimum Gasteiger partial charge on any atom is -0.445 e. The Morgan fingerprint density at radius 3 is 2.42 bits per heavy atom. The van der Waals surface area contributed by atoms with Gasteiger partial charge in [-0.15, -0.1) is 0 Å². The third-order valence-electron chi connectivity index (χ3n) is 6.02. The molecular formula is C26H33N3O4. The van der Waals surface area contributed by atoms with Crippen LogP contribution in [0.2, 0.25) is 0 Å². The Kier molecular flexibility index (Phi) is 6.49. The monoisotopic (exact) mass is 451 g/mol. The zero-order valence-corrected chi connectivity index (χ0v) is 19.9. The molecule has 4 rings (SSSR count). The van der Waals surface area contributed by atoms with Gasteiger partial charge in [-0.05, 0) is 50.5 Å². The molecule has 7 heteroatoms. The second-order valence-electron chi connectivity index (χ2n) is 9.78. The van der Waals surface area contributed by atoms with Crippen LogP contribution in [-0.4, -0.2) is 53.3 Å². The van der Waals surface area contributed by atoms with Crippen molar-refractivity contribution in [2.45, 2.75) is 59.0 Å². The van der Waals surface area contributed by atoms with Gasteiger partial charge in [0.1, 0.15) is 12.2 Å². The molecule has 2 heterocycles. The van der Waals surface area contributed by atoms with E-state index in [1.54, 1.807) is 9.80 Å². The van der Waals surface area contributed by atoms with Gasteiger partial charge in [-0.25, -0.2) is 9.59 Å². The van der Waals surface area contributed by atoms with E-state index in [-0.39, 0.29) is 24.8 Å². The summed E-state index contributed by atoms with van der Waals surface area (Å²) in [6, 6.07) is 15.9. The van der Waals surface area contributed by atoms with Gasteiger partial charge in [0.25, 0.3) is 0 Å². The molecule has 33 heavy (non-hydrogen) atoms. The SMILES string of the molecule is C[C@@H]1CN(c2cccc3c2CN(C(=O)OCc2ccccc2)C3)CCN1C(=O)OC(C)(C)C. The number of benzene rings is 2. The molecular weight excluding hydrogens is 418 g/mol. The topological polar surface area (TPSA) is 62.3 Å². The summed E-state index contributed by atoms with van der Waals surface area (Å²) in [5, 5.41) is 0. The maximum Gasteiger partial charge on any atom is 0.410 e. The summed E-state index contributed by atoms with van der Waals surface area (Å²) in [6.07, 6.45) is -0.565. The third kappa shape index (κ3) is 5.41. The molecule has 2 amide bonds. The van der Waals surface area contributed by atoms with Crippen LogP contribution in [0.4, 0.5) is 15.3 Å². The molecule has 176 valence electrons. The second-order valence-corrected chi connectivity index (χ2v) is 9.78. The molecule has 2 aliphatic heterocycles. The van der Waals surface area contributed by atoms with Gasteiger partial charge < -0.3 is 19.3 Å². The van der Waals surface area contributed by atoms with Gasteiger partial charge in [-0.3, -0.25) is 4.90 Å². The number of amides is 2. The van der Waals surface area contributed by atoms with Crippen molar-refractivity contribution in [2.75, 3.05) is 24.5 Å². The molecule has 0 saturated carbocycles. The number of ether oxygens (including phenoxy) is 2. The van der Waals surface area contributed by atoms with E-state index >= 15 is 0 Å². The first-order valence-corrected chi connectivity index (χ1v) is 11.5. The van der Waals surface area contributed by atoms with Crippen LogP contribution in [0.15, 0.2) is 48.5 Å². The Hall–Kier alpha value is -3.22. The van der Waals surface area contributed by atoms with Gasteiger partial charge in [-0.1, -0.05) is 42.5 Å². The van der Waals surface area contributed by atoms with Crippen molar-refractivity contribution in [1.29, 1.82) is 0 Å². The largest absolute Gasteiger partial charge is 0.445 e. The van der Waals surface area contributed by atoms with E-state index in [1.807, 2.05) is 64.1 Å². The number of anilines is 1. The highest BCUT2D eigenvalue weighted by atomic mass is 16.6. The maximum atomic E-state index is 12.7. The first kappa shape index (κ1) is 23.0. The number of carbonyl (C=O) groups excluding carboxylic acids is 2. The van der Waals surface area contributed by atoms with Crippen molar-refractivity contribution in [3.63, 3.8) is 0 Å². The minimum absolute atomic E-state index is 0.0257. The second kappa shape index (κ2) is 9.33. The molecule has 0 bridgehead atoms. The normalized spacial score (nSPS) is 18.2. The average molecular weight is 452 g/mol. The van der Waals surface area contributed by atoms with Crippen molar-refractivity contribution in [3.8, 4) is 0 Å². The number of nitrogens with zero attached hydrogens (tertiary/aromatic N) is 3. The number of piperazine rings is 1. The van der Waals surface area contributed by atoms with Crippen LogP contribution in [0.3, 0.4) is 0 Å². The standard InChI is InChI=1S/C26H33N3O4/c1-19-15-27(13-14-29(19)25(31)33-26(2,3)4)23-12-8-11-21-16-28(17-22(21)23)24(30)32-18-20-9-6-5-7-10-20/h5-12,19H,13-18H2,1-4H3/t19-/m1/s1. The first-order valence-electron chi connectivity index (χ1n) is 11.5. The Balaban J connectivity index is 1.39. The smallest absolute Gasteiger partial charge is 0.410 e. The zero-order chi connectivity index (χ0) is 23.6. The molecule has 2 aromatic carbocycles. The van der Waals surface area contributed by atoms with Gasteiger partial charge in [0.15, 0.2) is 0 Å². The summed E-state index contributed by atoms with van der Waals surface area (Å²) in [4.78, 5) is 31.1. The van der Waals surface area contributed by atoms with Crippen molar-refractivity contribution in [3.05, 3.63) is 65.2 Å². The molecule has 7 nitrogen and oxygen atoms in total. The molecule has 1 saturated heterocycles. The van der Waals surface area contributed by atoms with E-state index in [9.17, 15) is 9.59 Å². The van der Waals surface area contributed by atoms with Crippen LogP contribution in [0.1, 0.15) is 44.4 Å². The summed E-state index contributed by atoms with van der Waals surface area (Å²) in [5.41, 5.74) is 3.90. The van der Waals surface area contributed by atoms with Crippen LogP contribution >= 0.6 is 0 Å². The fraction of sp³-hybridized carbons (Fsp3) is 0.462. The van der Waals surface area contributed by atoms with Crippen LogP contribution in [-0.2, 0) is 29.2 Å². The molecule has 1 atom stereocenters. The Labute approximate surface area is 195 Å². The van der Waals surface area contributed by atoms with Gasteiger partial charge in [-0.2, -0.15) is 0 Å². The molecule has 0 aliphatic carbocycles.